The molecule has 3 nitrogen and oxygen atoms in total. The van der Waals surface area contributed by atoms with Crippen LogP contribution in [0.3, 0.4) is 0 Å². The van der Waals surface area contributed by atoms with Crippen molar-refractivity contribution in [2.24, 2.45) is 0 Å². The van der Waals surface area contributed by atoms with Crippen molar-refractivity contribution in [1.29, 1.82) is 0 Å². The Morgan fingerprint density at radius 2 is 1.40 bits per heavy atom. The van der Waals surface area contributed by atoms with Gasteiger partial charge in [-0.3, -0.25) is 0 Å². The molecule has 0 saturated heterocycles. The van der Waals surface area contributed by atoms with Gasteiger partial charge in [0.15, 0.2) is 0 Å². The molecule has 0 N–H and O–H groups in total. The maximum absolute atomic E-state index is 2.63. The number of aryl methyl sites for hydroxylation is 2. The summed E-state index contributed by atoms with van der Waals surface area (Å²) < 4.78 is 8.82. The summed E-state index contributed by atoms with van der Waals surface area (Å²) >= 11 is 7.12. The van der Waals surface area contributed by atoms with Crippen molar-refractivity contribution in [3.8, 4) is 0 Å². The number of imidazole rings is 1. The van der Waals surface area contributed by atoms with Crippen LogP contribution in [-0.4, -0.2) is 10.5 Å². The second kappa shape index (κ2) is 12.7. The molecule has 2 aliphatic rings. The standard InChI is InChI=1S/C16H26N2.C8H9I2N.Pt/c1-14-12-17(15-8-4-2-5-9-15)13-18(14)16-10-6-3-7-11-16;1-7-2-4-8(5-3-7)6-11(9)10;/h12,15-16H,2-11H2,1H3;2-5H,6H2,1H3;. The summed E-state index contributed by atoms with van der Waals surface area (Å²) in [6.45, 7) is 5.41. The molecule has 0 amide bonds. The molecule has 0 unspecified atom stereocenters. The van der Waals surface area contributed by atoms with Gasteiger partial charge in [-0.15, -0.1) is 0 Å². The van der Waals surface area contributed by atoms with Crippen molar-refractivity contribution in [3.63, 3.8) is 0 Å². The van der Waals surface area contributed by atoms with E-state index in [2.05, 4.69) is 120 Å². The van der Waals surface area contributed by atoms with Crippen molar-refractivity contribution in [1.82, 2.24) is 10.5 Å². The van der Waals surface area contributed by atoms with Gasteiger partial charge in [-0.1, -0.05) is 29.8 Å². The zero-order valence-electron chi connectivity index (χ0n) is 18.2. The Kier molecular flexibility index (Phi) is 10.6. The third-order valence-electron chi connectivity index (χ3n) is 6.42. The molecular weight excluding hydrogens is 779 g/mol. The number of halogens is 2. The first kappa shape index (κ1) is 25.2. The van der Waals surface area contributed by atoms with Crippen molar-refractivity contribution in [2.45, 2.75) is 96.7 Å². The van der Waals surface area contributed by atoms with E-state index in [4.69, 9.17) is 0 Å². The van der Waals surface area contributed by atoms with E-state index in [0.717, 1.165) is 18.6 Å². The van der Waals surface area contributed by atoms with Gasteiger partial charge in [0.1, 0.15) is 0 Å². The van der Waals surface area contributed by atoms with E-state index in [0.29, 0.717) is 0 Å². The zero-order valence-corrected chi connectivity index (χ0v) is 24.8. The number of hydrogen-bond acceptors (Lipinski definition) is 1. The van der Waals surface area contributed by atoms with Gasteiger partial charge < -0.3 is 0 Å². The third-order valence-corrected chi connectivity index (χ3v) is 8.23. The molecule has 0 aliphatic heterocycles. The Labute approximate surface area is 221 Å². The quantitative estimate of drug-likeness (QED) is 0.225. The average Bonchev–Trinajstić information content (AvgIpc) is 3.05. The third kappa shape index (κ3) is 7.28. The topological polar surface area (TPSA) is 13.1 Å². The molecule has 2 fully saturated rings. The first-order valence-corrected chi connectivity index (χ1v) is 14.4. The van der Waals surface area contributed by atoms with Crippen LogP contribution in [0.15, 0.2) is 30.5 Å². The van der Waals surface area contributed by atoms with E-state index in [1.54, 1.807) is 0 Å². The van der Waals surface area contributed by atoms with Crippen molar-refractivity contribution in [2.75, 3.05) is 0 Å². The summed E-state index contributed by atoms with van der Waals surface area (Å²) in [6.07, 6.45) is 16.5. The van der Waals surface area contributed by atoms with Gasteiger partial charge in [0.05, 0.1) is 0 Å². The molecule has 0 spiro atoms. The molecule has 1 aromatic carbocycles. The second-order valence-electron chi connectivity index (χ2n) is 8.82. The molecule has 6 heteroatoms. The molecule has 2 saturated carbocycles. The first-order chi connectivity index (χ1) is 14.5. The Bertz CT molecular complexity index is 829. The van der Waals surface area contributed by atoms with Gasteiger partial charge in [-0.05, 0) is 12.5 Å². The number of benzene rings is 1. The van der Waals surface area contributed by atoms with Crippen molar-refractivity contribution >= 4 is 45.7 Å². The van der Waals surface area contributed by atoms with E-state index < -0.39 is 0 Å². The second-order valence-corrected chi connectivity index (χ2v) is 14.0. The van der Waals surface area contributed by atoms with Crippen molar-refractivity contribution < 1.29 is 19.4 Å². The molecule has 0 atom stereocenters. The predicted molar refractivity (Wildman–Crippen MR) is 139 cm³/mol. The van der Waals surface area contributed by atoms with Crippen LogP contribution in [0, 0.1) is 17.7 Å². The van der Waals surface area contributed by atoms with Gasteiger partial charge >= 0.3 is 127 Å². The van der Waals surface area contributed by atoms with E-state index >= 15 is 0 Å². The summed E-state index contributed by atoms with van der Waals surface area (Å²) in [5, 5.41) is 0. The molecule has 0 bridgehead atoms. The summed E-state index contributed by atoms with van der Waals surface area (Å²) in [5.74, 6) is 0. The molecule has 4 rings (SSSR count). The van der Waals surface area contributed by atoms with Crippen LogP contribution in [0.5, 0.6) is 0 Å². The molecule has 2 aliphatic carbocycles. The fraction of sp³-hybridized carbons (Fsp3) is 0.625. The summed E-state index contributed by atoms with van der Waals surface area (Å²) in [7, 11) is 0. The molecule has 1 heterocycles. The molecule has 30 heavy (non-hydrogen) atoms. The Balaban J connectivity index is 0.000000199. The van der Waals surface area contributed by atoms with E-state index in [-0.39, 0.29) is 0 Å². The van der Waals surface area contributed by atoms with Crippen LogP contribution in [0.2, 0.25) is 0 Å². The summed E-state index contributed by atoms with van der Waals surface area (Å²) in [6, 6.07) is 10.2. The first-order valence-electron chi connectivity index (χ1n) is 11.4. The number of rotatable bonds is 4. The Morgan fingerprint density at radius 1 is 0.867 bits per heavy atom. The minimum atomic E-state index is 0.768. The van der Waals surface area contributed by atoms with Crippen LogP contribution >= 0.6 is 45.7 Å². The van der Waals surface area contributed by atoms with Gasteiger partial charge in [0.25, 0.3) is 0 Å². The zero-order chi connectivity index (χ0) is 21.5. The van der Waals surface area contributed by atoms with Crippen LogP contribution in [0.4, 0.5) is 0 Å². The monoisotopic (exact) mass is 814 g/mol. The van der Waals surface area contributed by atoms with Gasteiger partial charge in [0.2, 0.25) is 0 Å². The van der Waals surface area contributed by atoms with Crippen LogP contribution < -0.4 is 0 Å². The number of hydrogen-bond donors (Lipinski definition) is 0. The minimum absolute atomic E-state index is 0.768. The molecule has 170 valence electrons. The predicted octanol–water partition coefficient (Wildman–Crippen LogP) is 8.18. The number of nitrogens with zero attached hydrogens (tertiary/aromatic N) is 3. The molecular formula is C24H35I2N3Pt. The van der Waals surface area contributed by atoms with E-state index in [9.17, 15) is 0 Å². The van der Waals surface area contributed by atoms with E-state index in [1.165, 1.54) is 84.8 Å². The normalized spacial score (nSPS) is 18.4. The fourth-order valence-electron chi connectivity index (χ4n) is 4.77. The Morgan fingerprint density at radius 3 is 1.93 bits per heavy atom. The maximum atomic E-state index is 2.63. The van der Waals surface area contributed by atoms with Gasteiger partial charge in [0, 0.05) is 52.3 Å². The fourth-order valence-corrected chi connectivity index (χ4v) is 6.94. The summed E-state index contributed by atoms with van der Waals surface area (Å²) in [4.78, 5) is 0. The van der Waals surface area contributed by atoms with Gasteiger partial charge in [-0.2, -0.15) is 1.33 Å². The van der Waals surface area contributed by atoms with Crippen molar-refractivity contribution in [3.05, 3.63) is 51.1 Å². The average molecular weight is 814 g/mol. The van der Waals surface area contributed by atoms with Crippen LogP contribution in [0.1, 0.15) is 93.1 Å². The molecule has 2 aromatic rings. The van der Waals surface area contributed by atoms with Crippen LogP contribution in [-0.2, 0) is 25.9 Å². The Hall–Kier alpha value is 0.538. The molecule has 0 radical (unpaired) electrons. The van der Waals surface area contributed by atoms with Gasteiger partial charge in [-0.25, -0.2) is 0 Å². The SMILES string of the molecule is Cc1ccc(CN(I)I)cc1.Cc1cn(C2CCCCC2)[c](=[Pt])n1C1CCCCC1. The number of aromatic nitrogens is 2. The summed E-state index contributed by atoms with van der Waals surface area (Å²) in [5.41, 5.74) is 4.16. The van der Waals surface area contributed by atoms with Crippen LogP contribution in [0.25, 0.3) is 0 Å². The molecule has 1 aromatic heterocycles. The van der Waals surface area contributed by atoms with E-state index in [1.807, 2.05) is 0 Å².